The fourth-order valence-electron chi connectivity index (χ4n) is 1.35. The van der Waals surface area contributed by atoms with Gasteiger partial charge in [0.25, 0.3) is 5.91 Å². The third-order valence-electron chi connectivity index (χ3n) is 2.17. The Balaban J connectivity index is 3.01. The van der Waals surface area contributed by atoms with E-state index in [1.54, 1.807) is 6.92 Å². The average molecular weight is 303 g/mol. The monoisotopic (exact) mass is 302 g/mol. The van der Waals surface area contributed by atoms with Crippen LogP contribution in [0.15, 0.2) is 22.7 Å². The van der Waals surface area contributed by atoms with Crippen LogP contribution in [-0.2, 0) is 4.79 Å². The van der Waals surface area contributed by atoms with Crippen molar-refractivity contribution in [3.8, 4) is 0 Å². The van der Waals surface area contributed by atoms with Crippen molar-refractivity contribution in [2.24, 2.45) is 5.73 Å². The number of rotatable bonds is 4. The van der Waals surface area contributed by atoms with E-state index in [2.05, 4.69) is 15.9 Å². The number of halogens is 2. The van der Waals surface area contributed by atoms with Gasteiger partial charge in [-0.05, 0) is 41.1 Å². The lowest BCUT2D eigenvalue weighted by Gasteiger charge is -2.19. The summed E-state index contributed by atoms with van der Waals surface area (Å²) in [5.41, 5.74) is 5.21. The van der Waals surface area contributed by atoms with E-state index in [0.717, 1.165) is 6.07 Å². The van der Waals surface area contributed by atoms with E-state index in [0.29, 0.717) is 11.0 Å². The zero-order chi connectivity index (χ0) is 13.0. The van der Waals surface area contributed by atoms with Gasteiger partial charge in [-0.25, -0.2) is 4.39 Å². The van der Waals surface area contributed by atoms with Crippen LogP contribution < -0.4 is 5.73 Å². The molecule has 1 rings (SSSR count). The van der Waals surface area contributed by atoms with Crippen molar-refractivity contribution < 1.29 is 14.0 Å². The van der Waals surface area contributed by atoms with Crippen LogP contribution in [0.3, 0.4) is 0 Å². The lowest BCUT2D eigenvalue weighted by molar-refractivity contribution is -0.118. The topological polar surface area (TPSA) is 63.4 Å². The summed E-state index contributed by atoms with van der Waals surface area (Å²) in [5, 5.41) is 0. The first kappa shape index (κ1) is 13.6. The van der Waals surface area contributed by atoms with Gasteiger partial charge in [0.2, 0.25) is 5.91 Å². The fraction of sp³-hybridized carbons (Fsp3) is 0.273. The second-order valence-electron chi connectivity index (χ2n) is 3.41. The molecule has 1 aromatic carbocycles. The predicted octanol–water partition coefficient (Wildman–Crippen LogP) is 1.54. The van der Waals surface area contributed by atoms with Crippen molar-refractivity contribution in [2.75, 3.05) is 13.1 Å². The molecule has 0 aliphatic carbocycles. The number of nitrogens with two attached hydrogens (primary N) is 1. The summed E-state index contributed by atoms with van der Waals surface area (Å²) in [7, 11) is 0. The maximum atomic E-state index is 13.1. The molecule has 0 radical (unpaired) electrons. The first-order valence-corrected chi connectivity index (χ1v) is 5.77. The summed E-state index contributed by atoms with van der Waals surface area (Å²) < 4.78 is 13.5. The van der Waals surface area contributed by atoms with E-state index >= 15 is 0 Å². The van der Waals surface area contributed by atoms with Crippen molar-refractivity contribution in [3.63, 3.8) is 0 Å². The number of carbonyl (C=O) groups excluding carboxylic acids is 2. The highest BCUT2D eigenvalue weighted by Crippen LogP contribution is 2.19. The van der Waals surface area contributed by atoms with Crippen LogP contribution >= 0.6 is 15.9 Å². The molecule has 6 heteroatoms. The van der Waals surface area contributed by atoms with Crippen LogP contribution in [0.4, 0.5) is 4.39 Å². The minimum absolute atomic E-state index is 0.174. The van der Waals surface area contributed by atoms with E-state index in [4.69, 9.17) is 5.73 Å². The Labute approximate surface area is 107 Å². The van der Waals surface area contributed by atoms with Crippen LogP contribution in [0.2, 0.25) is 0 Å². The highest BCUT2D eigenvalue weighted by Gasteiger charge is 2.18. The van der Waals surface area contributed by atoms with Crippen LogP contribution in [-0.4, -0.2) is 29.8 Å². The Morgan fingerprint density at radius 1 is 1.47 bits per heavy atom. The standard InChI is InChI=1S/C11H12BrFN2O2/c1-2-15(6-10(14)16)11(17)8-5-7(13)3-4-9(8)12/h3-5H,2,6H2,1H3,(H2,14,16). The molecule has 0 unspecified atom stereocenters. The smallest absolute Gasteiger partial charge is 0.255 e. The van der Waals surface area contributed by atoms with Gasteiger partial charge < -0.3 is 10.6 Å². The van der Waals surface area contributed by atoms with Gasteiger partial charge in [-0.2, -0.15) is 0 Å². The Hall–Kier alpha value is -1.43. The van der Waals surface area contributed by atoms with Crippen molar-refractivity contribution in [3.05, 3.63) is 34.1 Å². The lowest BCUT2D eigenvalue weighted by atomic mass is 10.2. The molecule has 17 heavy (non-hydrogen) atoms. The maximum Gasteiger partial charge on any atom is 0.255 e. The molecule has 0 aromatic heterocycles. The number of hydrogen-bond donors (Lipinski definition) is 1. The summed E-state index contributed by atoms with van der Waals surface area (Å²) in [5.74, 6) is -1.54. The second-order valence-corrected chi connectivity index (χ2v) is 4.26. The molecule has 4 nitrogen and oxygen atoms in total. The molecule has 0 fully saturated rings. The summed E-state index contributed by atoms with van der Waals surface area (Å²) in [6.45, 7) is 1.86. The number of amides is 2. The molecule has 2 N–H and O–H groups in total. The predicted molar refractivity (Wildman–Crippen MR) is 64.9 cm³/mol. The molecule has 92 valence electrons. The third kappa shape index (κ3) is 3.52. The summed E-state index contributed by atoms with van der Waals surface area (Å²) in [6, 6.07) is 3.81. The SMILES string of the molecule is CCN(CC(N)=O)C(=O)c1cc(F)ccc1Br. The molecule has 2 amide bonds. The molecule has 0 bridgehead atoms. The zero-order valence-electron chi connectivity index (χ0n) is 9.24. The molecule has 0 atom stereocenters. The van der Waals surface area contributed by atoms with E-state index < -0.39 is 17.6 Å². The van der Waals surface area contributed by atoms with Crippen molar-refractivity contribution in [1.29, 1.82) is 0 Å². The van der Waals surface area contributed by atoms with Gasteiger partial charge in [-0.1, -0.05) is 0 Å². The van der Waals surface area contributed by atoms with Crippen LogP contribution in [0.1, 0.15) is 17.3 Å². The zero-order valence-corrected chi connectivity index (χ0v) is 10.8. The highest BCUT2D eigenvalue weighted by molar-refractivity contribution is 9.10. The Bertz CT molecular complexity index is 451. The summed E-state index contributed by atoms with van der Waals surface area (Å²) in [4.78, 5) is 24.1. The molecule has 0 aliphatic heterocycles. The summed E-state index contributed by atoms with van der Waals surface area (Å²) >= 11 is 3.16. The lowest BCUT2D eigenvalue weighted by Crippen LogP contribution is -2.38. The quantitative estimate of drug-likeness (QED) is 0.917. The third-order valence-corrected chi connectivity index (χ3v) is 2.87. The maximum absolute atomic E-state index is 13.1. The van der Waals surface area contributed by atoms with Crippen molar-refractivity contribution >= 4 is 27.7 Å². The molecule has 0 saturated carbocycles. The largest absolute Gasteiger partial charge is 0.368 e. The molecule has 0 aliphatic rings. The Kier molecular flexibility index (Phi) is 4.62. The van der Waals surface area contributed by atoms with Crippen molar-refractivity contribution in [1.82, 2.24) is 4.90 Å². The van der Waals surface area contributed by atoms with E-state index in [1.165, 1.54) is 17.0 Å². The highest BCUT2D eigenvalue weighted by atomic mass is 79.9. The van der Waals surface area contributed by atoms with E-state index in [-0.39, 0.29) is 12.1 Å². The number of hydrogen-bond acceptors (Lipinski definition) is 2. The Morgan fingerprint density at radius 3 is 2.65 bits per heavy atom. The van der Waals surface area contributed by atoms with Crippen LogP contribution in [0.5, 0.6) is 0 Å². The molecule has 0 heterocycles. The number of benzene rings is 1. The average Bonchev–Trinajstić information content (AvgIpc) is 2.28. The minimum Gasteiger partial charge on any atom is -0.368 e. The van der Waals surface area contributed by atoms with E-state index in [1.807, 2.05) is 0 Å². The van der Waals surface area contributed by atoms with Gasteiger partial charge in [0, 0.05) is 11.0 Å². The van der Waals surface area contributed by atoms with Crippen molar-refractivity contribution in [2.45, 2.75) is 6.92 Å². The molecular formula is C11H12BrFN2O2. The fourth-order valence-corrected chi connectivity index (χ4v) is 1.76. The first-order chi connectivity index (χ1) is 7.95. The Morgan fingerprint density at radius 2 is 2.12 bits per heavy atom. The summed E-state index contributed by atoms with van der Waals surface area (Å²) in [6.07, 6.45) is 0. The number of nitrogens with zero attached hydrogens (tertiary/aromatic N) is 1. The van der Waals surface area contributed by atoms with Crippen LogP contribution in [0, 0.1) is 5.82 Å². The van der Waals surface area contributed by atoms with E-state index in [9.17, 15) is 14.0 Å². The number of likely N-dealkylation sites (N-methyl/N-ethyl adjacent to an activating group) is 1. The van der Waals surface area contributed by atoms with Gasteiger partial charge in [-0.15, -0.1) is 0 Å². The molecule has 1 aromatic rings. The van der Waals surface area contributed by atoms with Gasteiger partial charge in [0.1, 0.15) is 5.82 Å². The first-order valence-electron chi connectivity index (χ1n) is 4.98. The molecule has 0 spiro atoms. The second kappa shape index (κ2) is 5.77. The molecular weight excluding hydrogens is 291 g/mol. The number of primary amides is 1. The van der Waals surface area contributed by atoms with Crippen LogP contribution in [0.25, 0.3) is 0 Å². The normalized spacial score (nSPS) is 10.1. The minimum atomic E-state index is -0.604. The van der Waals surface area contributed by atoms with Gasteiger partial charge in [-0.3, -0.25) is 9.59 Å². The number of carbonyl (C=O) groups is 2. The van der Waals surface area contributed by atoms with Gasteiger partial charge in [0.05, 0.1) is 12.1 Å². The van der Waals surface area contributed by atoms with Gasteiger partial charge in [0.15, 0.2) is 0 Å². The van der Waals surface area contributed by atoms with Gasteiger partial charge >= 0.3 is 0 Å². The molecule has 0 saturated heterocycles.